The lowest BCUT2D eigenvalue weighted by Gasteiger charge is -2.09. The number of hydrogen-bond acceptors (Lipinski definition) is 3. The Hall–Kier alpha value is -2.24. The molecular formula is C15H15N2O3+. The van der Waals surface area contributed by atoms with Crippen LogP contribution in [0.1, 0.15) is 23.5 Å². The van der Waals surface area contributed by atoms with Crippen molar-refractivity contribution < 1.29 is 15.0 Å². The Balaban J connectivity index is 1.72. The number of nitrogens with two attached hydrogens (primary N) is 1. The van der Waals surface area contributed by atoms with Gasteiger partial charge in [0, 0.05) is 17.7 Å². The standard InChI is InChI=1S/C15H14N2O3/c18-17(19)13-8-6-11(7-9-13)14-10-16-15(20-14)12-4-2-1-3-5-12/h1-9,14-16H,10H2/p+1/t14-,15+/m0/s1. The van der Waals surface area contributed by atoms with Crippen molar-refractivity contribution in [2.24, 2.45) is 0 Å². The zero-order valence-corrected chi connectivity index (χ0v) is 10.8. The molecule has 0 amide bonds. The van der Waals surface area contributed by atoms with Crippen LogP contribution in [0.25, 0.3) is 0 Å². The molecular weight excluding hydrogens is 256 g/mol. The fraction of sp³-hybridized carbons (Fsp3) is 0.200. The molecule has 0 radical (unpaired) electrons. The molecule has 0 saturated carbocycles. The highest BCUT2D eigenvalue weighted by molar-refractivity contribution is 5.34. The van der Waals surface area contributed by atoms with E-state index in [9.17, 15) is 10.1 Å². The molecule has 5 heteroatoms. The number of nitrogens with zero attached hydrogens (tertiary/aromatic N) is 1. The highest BCUT2D eigenvalue weighted by Gasteiger charge is 2.31. The van der Waals surface area contributed by atoms with Crippen molar-refractivity contribution in [1.82, 2.24) is 0 Å². The van der Waals surface area contributed by atoms with Crippen LogP contribution >= 0.6 is 0 Å². The van der Waals surface area contributed by atoms with Crippen LogP contribution in [0.4, 0.5) is 5.69 Å². The lowest BCUT2D eigenvalue weighted by Crippen LogP contribution is -2.82. The summed E-state index contributed by atoms with van der Waals surface area (Å²) in [6.07, 6.45) is -0.0302. The first-order chi connectivity index (χ1) is 9.74. The Bertz CT molecular complexity index is 598. The van der Waals surface area contributed by atoms with Gasteiger partial charge < -0.3 is 10.1 Å². The SMILES string of the molecule is O=[N+]([O-])c1ccc([C@@H]2C[NH2+][C@@H](c3ccccc3)O2)cc1. The Labute approximate surface area is 116 Å². The smallest absolute Gasteiger partial charge is 0.269 e. The third-order valence-corrected chi connectivity index (χ3v) is 3.48. The van der Waals surface area contributed by atoms with E-state index in [1.807, 2.05) is 30.3 Å². The number of nitro groups is 1. The van der Waals surface area contributed by atoms with Crippen LogP contribution < -0.4 is 5.32 Å². The molecule has 1 aliphatic rings. The summed E-state index contributed by atoms with van der Waals surface area (Å²) < 4.78 is 6.01. The van der Waals surface area contributed by atoms with Gasteiger partial charge in [-0.2, -0.15) is 0 Å². The molecule has 1 aliphatic heterocycles. The van der Waals surface area contributed by atoms with Crippen molar-refractivity contribution in [2.45, 2.75) is 12.3 Å². The van der Waals surface area contributed by atoms with Crippen LogP contribution in [-0.2, 0) is 4.74 Å². The number of hydrogen-bond donors (Lipinski definition) is 1. The second-order valence-electron chi connectivity index (χ2n) is 4.78. The van der Waals surface area contributed by atoms with Crippen molar-refractivity contribution in [1.29, 1.82) is 0 Å². The Morgan fingerprint density at radius 1 is 1.05 bits per heavy atom. The van der Waals surface area contributed by atoms with Gasteiger partial charge in [0.05, 0.1) is 4.92 Å². The fourth-order valence-corrected chi connectivity index (χ4v) is 2.42. The van der Waals surface area contributed by atoms with Gasteiger partial charge in [0.25, 0.3) is 5.69 Å². The van der Waals surface area contributed by atoms with Crippen LogP contribution in [0, 0.1) is 10.1 Å². The maximum atomic E-state index is 10.6. The first-order valence-electron chi connectivity index (χ1n) is 6.52. The van der Waals surface area contributed by atoms with Crippen molar-refractivity contribution in [3.63, 3.8) is 0 Å². The van der Waals surface area contributed by atoms with Crippen LogP contribution in [0.2, 0.25) is 0 Å². The molecule has 0 bridgehead atoms. The second kappa shape index (κ2) is 5.40. The zero-order valence-electron chi connectivity index (χ0n) is 10.8. The van der Waals surface area contributed by atoms with Crippen molar-refractivity contribution in [3.8, 4) is 0 Å². The van der Waals surface area contributed by atoms with E-state index in [1.54, 1.807) is 12.1 Å². The molecule has 0 spiro atoms. The van der Waals surface area contributed by atoms with Gasteiger partial charge in [0.2, 0.25) is 6.23 Å². The van der Waals surface area contributed by atoms with E-state index in [0.717, 1.165) is 17.7 Å². The van der Waals surface area contributed by atoms with Gasteiger partial charge in [0.15, 0.2) is 0 Å². The number of ether oxygens (including phenoxy) is 1. The molecule has 1 saturated heterocycles. The van der Waals surface area contributed by atoms with E-state index in [4.69, 9.17) is 4.74 Å². The molecule has 2 aromatic rings. The number of rotatable bonds is 3. The summed E-state index contributed by atoms with van der Waals surface area (Å²) in [7, 11) is 0. The highest BCUT2D eigenvalue weighted by Crippen LogP contribution is 2.27. The van der Waals surface area contributed by atoms with Crippen LogP contribution in [-0.4, -0.2) is 11.5 Å². The molecule has 3 rings (SSSR count). The monoisotopic (exact) mass is 271 g/mol. The van der Waals surface area contributed by atoms with Gasteiger partial charge in [-0.05, 0) is 17.7 Å². The summed E-state index contributed by atoms with van der Waals surface area (Å²) in [5.41, 5.74) is 2.22. The molecule has 2 aromatic carbocycles. The maximum absolute atomic E-state index is 10.6. The van der Waals surface area contributed by atoms with Crippen molar-refractivity contribution >= 4 is 5.69 Å². The van der Waals surface area contributed by atoms with Gasteiger partial charge in [-0.3, -0.25) is 10.1 Å². The van der Waals surface area contributed by atoms with E-state index >= 15 is 0 Å². The minimum Gasteiger partial charge on any atom is -0.315 e. The Kier molecular flexibility index (Phi) is 3.45. The minimum absolute atomic E-state index is 0.00334. The van der Waals surface area contributed by atoms with E-state index in [0.29, 0.717) is 0 Å². The average molecular weight is 271 g/mol. The first kappa shape index (κ1) is 12.8. The summed E-state index contributed by atoms with van der Waals surface area (Å²) in [6, 6.07) is 16.6. The van der Waals surface area contributed by atoms with Crippen LogP contribution in [0.5, 0.6) is 0 Å². The molecule has 0 aromatic heterocycles. The lowest BCUT2D eigenvalue weighted by atomic mass is 10.1. The summed E-state index contributed by atoms with van der Waals surface area (Å²) in [4.78, 5) is 10.2. The molecule has 20 heavy (non-hydrogen) atoms. The molecule has 2 atom stereocenters. The average Bonchev–Trinajstić information content (AvgIpc) is 2.98. The van der Waals surface area contributed by atoms with Crippen LogP contribution in [0.15, 0.2) is 54.6 Å². The van der Waals surface area contributed by atoms with Gasteiger partial charge >= 0.3 is 0 Å². The van der Waals surface area contributed by atoms with E-state index in [-0.39, 0.29) is 18.0 Å². The van der Waals surface area contributed by atoms with Gasteiger partial charge in [0.1, 0.15) is 12.6 Å². The molecule has 102 valence electrons. The number of nitro benzene ring substituents is 1. The van der Waals surface area contributed by atoms with Crippen molar-refractivity contribution in [2.75, 3.05) is 6.54 Å². The van der Waals surface area contributed by atoms with Crippen LogP contribution in [0.3, 0.4) is 0 Å². The van der Waals surface area contributed by atoms with E-state index in [2.05, 4.69) is 5.32 Å². The molecule has 1 fully saturated rings. The number of non-ortho nitro benzene ring substituents is 1. The Morgan fingerprint density at radius 3 is 2.40 bits per heavy atom. The maximum Gasteiger partial charge on any atom is 0.269 e. The van der Waals surface area contributed by atoms with E-state index < -0.39 is 4.92 Å². The third-order valence-electron chi connectivity index (χ3n) is 3.48. The summed E-state index contributed by atoms with van der Waals surface area (Å²) in [5, 5.41) is 12.8. The molecule has 0 unspecified atom stereocenters. The highest BCUT2D eigenvalue weighted by atomic mass is 16.6. The molecule has 2 N–H and O–H groups in total. The van der Waals surface area contributed by atoms with E-state index in [1.165, 1.54) is 12.1 Å². The lowest BCUT2D eigenvalue weighted by molar-refractivity contribution is -0.698. The first-order valence-corrected chi connectivity index (χ1v) is 6.52. The second-order valence-corrected chi connectivity index (χ2v) is 4.78. The normalized spacial score (nSPS) is 21.8. The fourth-order valence-electron chi connectivity index (χ4n) is 2.42. The number of quaternary nitrogens is 1. The van der Waals surface area contributed by atoms with Gasteiger partial charge in [-0.1, -0.05) is 30.3 Å². The van der Waals surface area contributed by atoms with Crippen molar-refractivity contribution in [3.05, 3.63) is 75.8 Å². The largest absolute Gasteiger partial charge is 0.315 e. The quantitative estimate of drug-likeness (QED) is 0.685. The summed E-state index contributed by atoms with van der Waals surface area (Å²) in [5.74, 6) is 0. The van der Waals surface area contributed by atoms with Gasteiger partial charge in [-0.25, -0.2) is 0 Å². The minimum atomic E-state index is -0.391. The zero-order chi connectivity index (χ0) is 13.9. The predicted molar refractivity (Wildman–Crippen MR) is 72.9 cm³/mol. The molecule has 5 nitrogen and oxygen atoms in total. The molecule has 0 aliphatic carbocycles. The number of benzene rings is 2. The summed E-state index contributed by atoms with van der Waals surface area (Å²) in [6.45, 7) is 0.817. The molecule has 1 heterocycles. The summed E-state index contributed by atoms with van der Waals surface area (Å²) >= 11 is 0. The Morgan fingerprint density at radius 2 is 1.75 bits per heavy atom. The topological polar surface area (TPSA) is 69.0 Å². The van der Waals surface area contributed by atoms with Gasteiger partial charge in [-0.15, -0.1) is 0 Å². The predicted octanol–water partition coefficient (Wildman–Crippen LogP) is 1.93. The third kappa shape index (κ3) is 2.54.